The van der Waals surface area contributed by atoms with E-state index in [4.69, 9.17) is 4.74 Å². The second kappa shape index (κ2) is 5.56. The van der Waals surface area contributed by atoms with Crippen LogP contribution in [0.15, 0.2) is 36.4 Å². The average molecular weight is 450 g/mol. The number of halogens is 2. The number of hydrogen-bond donors (Lipinski definition) is 0. The van der Waals surface area contributed by atoms with Crippen molar-refractivity contribution in [2.24, 2.45) is 0 Å². The number of benzene rings is 2. The molecule has 0 bridgehead atoms. The molecule has 2 aromatic rings. The van der Waals surface area contributed by atoms with E-state index < -0.39 is 0 Å². The fourth-order valence-electron chi connectivity index (χ4n) is 1.57. The maximum absolute atomic E-state index is 5.94. The zero-order valence-electron chi connectivity index (χ0n) is 9.63. The van der Waals surface area contributed by atoms with Gasteiger partial charge in [0.05, 0.1) is 0 Å². The van der Waals surface area contributed by atoms with Crippen LogP contribution in [0.25, 0.3) is 0 Å². The Labute approximate surface area is 129 Å². The van der Waals surface area contributed by atoms with Gasteiger partial charge in [0, 0.05) is 7.14 Å². The summed E-state index contributed by atoms with van der Waals surface area (Å²) in [6, 6.07) is 12.4. The predicted molar refractivity (Wildman–Crippen MR) is 87.9 cm³/mol. The summed E-state index contributed by atoms with van der Waals surface area (Å²) < 4.78 is 8.40. The Morgan fingerprint density at radius 1 is 0.765 bits per heavy atom. The second-order valence-electron chi connectivity index (χ2n) is 3.92. The molecular weight excluding hydrogens is 438 g/mol. The fourth-order valence-corrected chi connectivity index (χ4v) is 2.87. The van der Waals surface area contributed by atoms with Crippen LogP contribution < -0.4 is 4.74 Å². The summed E-state index contributed by atoms with van der Waals surface area (Å²) in [5.74, 6) is 1.85. The highest BCUT2D eigenvalue weighted by atomic mass is 127. The molecule has 0 aliphatic heterocycles. The Morgan fingerprint density at radius 3 is 1.53 bits per heavy atom. The minimum atomic E-state index is 0.926. The van der Waals surface area contributed by atoms with Crippen molar-refractivity contribution in [2.45, 2.75) is 13.8 Å². The van der Waals surface area contributed by atoms with Gasteiger partial charge in [0.15, 0.2) is 0 Å². The molecule has 0 unspecified atom stereocenters. The van der Waals surface area contributed by atoms with E-state index in [9.17, 15) is 0 Å². The van der Waals surface area contributed by atoms with E-state index in [1.807, 2.05) is 12.1 Å². The van der Waals surface area contributed by atoms with E-state index in [1.165, 1.54) is 7.14 Å². The van der Waals surface area contributed by atoms with E-state index >= 15 is 0 Å². The molecule has 0 fully saturated rings. The standard InChI is InChI=1S/C14H12I2O/c1-9-7-11(15)3-5-13(9)17-14-6-4-12(16)8-10(14)2/h3-8H,1-2H3. The van der Waals surface area contributed by atoms with Gasteiger partial charge in [-0.3, -0.25) is 0 Å². The molecule has 0 aliphatic carbocycles. The highest BCUT2D eigenvalue weighted by Gasteiger charge is 2.04. The quantitative estimate of drug-likeness (QED) is 0.565. The minimum Gasteiger partial charge on any atom is -0.457 e. The maximum atomic E-state index is 5.94. The first-order chi connectivity index (χ1) is 8.06. The lowest BCUT2D eigenvalue weighted by Crippen LogP contribution is -1.91. The van der Waals surface area contributed by atoms with Crippen LogP contribution in [-0.4, -0.2) is 0 Å². The van der Waals surface area contributed by atoms with Gasteiger partial charge in [-0.1, -0.05) is 0 Å². The predicted octanol–water partition coefficient (Wildman–Crippen LogP) is 5.30. The summed E-state index contributed by atoms with van der Waals surface area (Å²) in [4.78, 5) is 0. The fraction of sp³-hybridized carbons (Fsp3) is 0.143. The van der Waals surface area contributed by atoms with Gasteiger partial charge in [-0.2, -0.15) is 0 Å². The van der Waals surface area contributed by atoms with Gasteiger partial charge in [-0.15, -0.1) is 0 Å². The Kier molecular flexibility index (Phi) is 4.30. The molecular formula is C14H12I2O. The molecule has 2 rings (SSSR count). The molecule has 0 saturated heterocycles. The molecule has 0 spiro atoms. The van der Waals surface area contributed by atoms with Gasteiger partial charge in [0.25, 0.3) is 0 Å². The molecule has 0 saturated carbocycles. The molecule has 0 heterocycles. The van der Waals surface area contributed by atoms with Crippen molar-refractivity contribution in [1.29, 1.82) is 0 Å². The Bertz CT molecular complexity index is 500. The van der Waals surface area contributed by atoms with Crippen LogP contribution in [0.2, 0.25) is 0 Å². The molecule has 0 aliphatic rings. The van der Waals surface area contributed by atoms with Crippen LogP contribution >= 0.6 is 45.2 Å². The summed E-state index contributed by atoms with van der Waals surface area (Å²) in [5.41, 5.74) is 2.32. The van der Waals surface area contributed by atoms with Gasteiger partial charge in [0.2, 0.25) is 0 Å². The molecule has 88 valence electrons. The second-order valence-corrected chi connectivity index (χ2v) is 6.41. The molecule has 0 aromatic heterocycles. The number of ether oxygens (including phenoxy) is 1. The van der Waals surface area contributed by atoms with Crippen molar-refractivity contribution in [1.82, 2.24) is 0 Å². The van der Waals surface area contributed by atoms with Gasteiger partial charge >= 0.3 is 0 Å². The van der Waals surface area contributed by atoms with Crippen molar-refractivity contribution in [3.8, 4) is 11.5 Å². The van der Waals surface area contributed by atoms with Crippen molar-refractivity contribution in [3.63, 3.8) is 0 Å². The van der Waals surface area contributed by atoms with Gasteiger partial charge in [0.1, 0.15) is 11.5 Å². The van der Waals surface area contributed by atoms with Gasteiger partial charge in [-0.05, 0) is 107 Å². The Morgan fingerprint density at radius 2 is 1.18 bits per heavy atom. The normalized spacial score (nSPS) is 10.4. The third kappa shape index (κ3) is 3.34. The molecule has 0 amide bonds. The zero-order valence-corrected chi connectivity index (χ0v) is 13.9. The smallest absolute Gasteiger partial charge is 0.130 e. The molecule has 17 heavy (non-hydrogen) atoms. The first-order valence-electron chi connectivity index (χ1n) is 5.26. The third-order valence-corrected chi connectivity index (χ3v) is 3.84. The first kappa shape index (κ1) is 13.1. The van der Waals surface area contributed by atoms with Crippen LogP contribution in [0.1, 0.15) is 11.1 Å². The van der Waals surface area contributed by atoms with E-state index in [2.05, 4.69) is 83.3 Å². The van der Waals surface area contributed by atoms with Crippen molar-refractivity contribution in [3.05, 3.63) is 54.7 Å². The van der Waals surface area contributed by atoms with Crippen LogP contribution in [-0.2, 0) is 0 Å². The number of hydrogen-bond acceptors (Lipinski definition) is 1. The highest BCUT2D eigenvalue weighted by Crippen LogP contribution is 2.29. The lowest BCUT2D eigenvalue weighted by molar-refractivity contribution is 0.475. The third-order valence-electron chi connectivity index (χ3n) is 2.49. The molecule has 1 nitrogen and oxygen atoms in total. The maximum Gasteiger partial charge on any atom is 0.130 e. The molecule has 3 heteroatoms. The van der Waals surface area contributed by atoms with E-state index in [-0.39, 0.29) is 0 Å². The van der Waals surface area contributed by atoms with E-state index in [0.717, 1.165) is 22.6 Å². The highest BCUT2D eigenvalue weighted by molar-refractivity contribution is 14.1. The van der Waals surface area contributed by atoms with Gasteiger partial charge in [-0.25, -0.2) is 0 Å². The van der Waals surface area contributed by atoms with E-state index in [0.29, 0.717) is 0 Å². The molecule has 0 atom stereocenters. The number of aryl methyl sites for hydroxylation is 2. The summed E-state index contributed by atoms with van der Waals surface area (Å²) in [7, 11) is 0. The van der Waals surface area contributed by atoms with E-state index in [1.54, 1.807) is 0 Å². The summed E-state index contributed by atoms with van der Waals surface area (Å²) >= 11 is 4.62. The Balaban J connectivity index is 2.31. The van der Waals surface area contributed by atoms with Crippen LogP contribution in [0.4, 0.5) is 0 Å². The average Bonchev–Trinajstić information content (AvgIpc) is 2.25. The summed E-state index contributed by atoms with van der Waals surface area (Å²) in [6.45, 7) is 4.14. The van der Waals surface area contributed by atoms with Crippen molar-refractivity contribution in [2.75, 3.05) is 0 Å². The van der Waals surface area contributed by atoms with Crippen LogP contribution in [0, 0.1) is 21.0 Å². The minimum absolute atomic E-state index is 0.926. The summed E-state index contributed by atoms with van der Waals surface area (Å²) in [5, 5.41) is 0. The van der Waals surface area contributed by atoms with Crippen molar-refractivity contribution >= 4 is 45.2 Å². The van der Waals surface area contributed by atoms with Crippen LogP contribution in [0.3, 0.4) is 0 Å². The van der Waals surface area contributed by atoms with Crippen LogP contribution in [0.5, 0.6) is 11.5 Å². The lowest BCUT2D eigenvalue weighted by Gasteiger charge is -2.11. The zero-order chi connectivity index (χ0) is 12.4. The monoisotopic (exact) mass is 450 g/mol. The van der Waals surface area contributed by atoms with Crippen molar-refractivity contribution < 1.29 is 4.74 Å². The molecule has 2 aromatic carbocycles. The molecule has 0 N–H and O–H groups in total. The Hall–Kier alpha value is -0.300. The first-order valence-corrected chi connectivity index (χ1v) is 7.42. The lowest BCUT2D eigenvalue weighted by atomic mass is 10.2. The SMILES string of the molecule is Cc1cc(I)ccc1Oc1ccc(I)cc1C. The molecule has 0 radical (unpaired) electrons. The summed E-state index contributed by atoms with van der Waals surface area (Å²) in [6.07, 6.45) is 0. The van der Waals surface area contributed by atoms with Gasteiger partial charge < -0.3 is 4.74 Å². The topological polar surface area (TPSA) is 9.23 Å². The largest absolute Gasteiger partial charge is 0.457 e. The number of rotatable bonds is 2.